The van der Waals surface area contributed by atoms with E-state index in [1.165, 1.54) is 23.3 Å². The Labute approximate surface area is 168 Å². The molecule has 0 saturated carbocycles. The molecule has 0 saturated heterocycles. The van der Waals surface area contributed by atoms with Crippen molar-refractivity contribution in [1.82, 2.24) is 15.5 Å². The zero-order valence-electron chi connectivity index (χ0n) is 15.5. The number of benzene rings is 2. The van der Waals surface area contributed by atoms with Gasteiger partial charge in [-0.3, -0.25) is 14.5 Å². The fourth-order valence-electron chi connectivity index (χ4n) is 3.25. The van der Waals surface area contributed by atoms with Gasteiger partial charge in [-0.05, 0) is 35.7 Å². The molecule has 0 aliphatic carbocycles. The summed E-state index contributed by atoms with van der Waals surface area (Å²) in [5.74, 6) is -1.05. The minimum atomic E-state index is -0.502. The number of hydrogen-bond donors (Lipinski definition) is 2. The van der Waals surface area contributed by atoms with Crippen molar-refractivity contribution in [2.24, 2.45) is 0 Å². The lowest BCUT2D eigenvalue weighted by Gasteiger charge is -2.28. The zero-order chi connectivity index (χ0) is 19.9. The van der Waals surface area contributed by atoms with Crippen molar-refractivity contribution in [2.45, 2.75) is 19.4 Å². The highest BCUT2D eigenvalue weighted by atomic mass is 35.5. The summed E-state index contributed by atoms with van der Waals surface area (Å²) in [7, 11) is 0. The summed E-state index contributed by atoms with van der Waals surface area (Å²) in [6, 6.07) is 12.0. The van der Waals surface area contributed by atoms with Crippen molar-refractivity contribution in [3.8, 4) is 0 Å². The molecule has 0 atom stereocenters. The molecule has 148 valence electrons. The maximum Gasteiger partial charge on any atom is 0.252 e. The van der Waals surface area contributed by atoms with E-state index in [0.29, 0.717) is 6.54 Å². The third kappa shape index (κ3) is 5.53. The van der Waals surface area contributed by atoms with Crippen molar-refractivity contribution in [3.63, 3.8) is 0 Å². The summed E-state index contributed by atoms with van der Waals surface area (Å²) in [4.78, 5) is 26.3. The number of carbonyl (C=O) groups excluding carboxylic acids is 2. The second-order valence-corrected chi connectivity index (χ2v) is 7.18. The Morgan fingerprint density at radius 3 is 2.64 bits per heavy atom. The first-order chi connectivity index (χ1) is 13.5. The van der Waals surface area contributed by atoms with Gasteiger partial charge in [-0.1, -0.05) is 35.9 Å². The number of nitrogens with zero attached hydrogens (tertiary/aromatic N) is 1. The van der Waals surface area contributed by atoms with E-state index in [1.807, 2.05) is 0 Å². The average Bonchev–Trinajstić information content (AvgIpc) is 2.67. The van der Waals surface area contributed by atoms with Gasteiger partial charge in [0.15, 0.2) is 0 Å². The molecular formula is C21H23ClFN3O2. The van der Waals surface area contributed by atoms with Gasteiger partial charge < -0.3 is 10.6 Å². The SMILES string of the molecule is O=C(CCNC(=O)c1ccc(F)cc1Cl)NCCN1CCc2ccccc2C1. The first-order valence-corrected chi connectivity index (χ1v) is 9.70. The highest BCUT2D eigenvalue weighted by Crippen LogP contribution is 2.18. The quantitative estimate of drug-likeness (QED) is 0.747. The molecule has 0 aromatic heterocycles. The van der Waals surface area contributed by atoms with Crippen LogP contribution in [0.15, 0.2) is 42.5 Å². The van der Waals surface area contributed by atoms with E-state index < -0.39 is 11.7 Å². The maximum atomic E-state index is 13.0. The first kappa shape index (κ1) is 20.3. The van der Waals surface area contributed by atoms with Gasteiger partial charge in [-0.25, -0.2) is 4.39 Å². The molecular weight excluding hydrogens is 381 g/mol. The van der Waals surface area contributed by atoms with E-state index in [-0.39, 0.29) is 29.5 Å². The van der Waals surface area contributed by atoms with Gasteiger partial charge in [0.1, 0.15) is 5.82 Å². The molecule has 2 aromatic carbocycles. The van der Waals surface area contributed by atoms with E-state index in [0.717, 1.165) is 32.1 Å². The number of hydrogen-bond acceptors (Lipinski definition) is 3. The molecule has 2 aromatic rings. The Bertz CT molecular complexity index is 859. The highest BCUT2D eigenvalue weighted by molar-refractivity contribution is 6.33. The van der Waals surface area contributed by atoms with Crippen molar-refractivity contribution in [3.05, 3.63) is 70.0 Å². The van der Waals surface area contributed by atoms with Gasteiger partial charge >= 0.3 is 0 Å². The summed E-state index contributed by atoms with van der Waals surface area (Å²) < 4.78 is 13.0. The van der Waals surface area contributed by atoms with Crippen LogP contribution in [0.25, 0.3) is 0 Å². The minimum absolute atomic E-state index is 0.0463. The van der Waals surface area contributed by atoms with Crippen molar-refractivity contribution < 1.29 is 14.0 Å². The molecule has 1 aliphatic rings. The summed E-state index contributed by atoms with van der Waals surface area (Å²) in [5, 5.41) is 5.55. The topological polar surface area (TPSA) is 61.4 Å². The molecule has 0 radical (unpaired) electrons. The third-order valence-electron chi connectivity index (χ3n) is 4.77. The zero-order valence-corrected chi connectivity index (χ0v) is 16.3. The van der Waals surface area contributed by atoms with E-state index in [9.17, 15) is 14.0 Å². The number of halogens is 2. The van der Waals surface area contributed by atoms with Crippen LogP contribution in [0.1, 0.15) is 27.9 Å². The average molecular weight is 404 g/mol. The molecule has 3 rings (SSSR count). The monoisotopic (exact) mass is 403 g/mol. The Morgan fingerprint density at radius 2 is 1.86 bits per heavy atom. The first-order valence-electron chi connectivity index (χ1n) is 9.32. The molecule has 28 heavy (non-hydrogen) atoms. The summed E-state index contributed by atoms with van der Waals surface area (Å²) in [5.41, 5.74) is 2.94. The van der Waals surface area contributed by atoms with Gasteiger partial charge in [0.25, 0.3) is 5.91 Å². The molecule has 7 heteroatoms. The molecule has 0 unspecified atom stereocenters. The molecule has 1 heterocycles. The second kappa shape index (κ2) is 9.66. The van der Waals surface area contributed by atoms with Crippen LogP contribution >= 0.6 is 11.6 Å². The molecule has 0 bridgehead atoms. The smallest absolute Gasteiger partial charge is 0.252 e. The fraction of sp³-hybridized carbons (Fsp3) is 0.333. The van der Waals surface area contributed by atoms with Crippen LogP contribution < -0.4 is 10.6 Å². The number of nitrogens with one attached hydrogen (secondary N) is 2. The fourth-order valence-corrected chi connectivity index (χ4v) is 3.50. The molecule has 2 N–H and O–H groups in total. The second-order valence-electron chi connectivity index (χ2n) is 6.77. The number of rotatable bonds is 7. The third-order valence-corrected chi connectivity index (χ3v) is 5.09. The van der Waals surface area contributed by atoms with Crippen LogP contribution in [0.4, 0.5) is 4.39 Å². The molecule has 1 aliphatic heterocycles. The Hall–Kier alpha value is -2.44. The lowest BCUT2D eigenvalue weighted by atomic mass is 10.00. The molecule has 0 spiro atoms. The van der Waals surface area contributed by atoms with E-state index in [2.05, 4.69) is 39.8 Å². The van der Waals surface area contributed by atoms with Gasteiger partial charge in [-0.2, -0.15) is 0 Å². The van der Waals surface area contributed by atoms with Crippen LogP contribution in [-0.4, -0.2) is 42.9 Å². The van der Waals surface area contributed by atoms with Crippen LogP contribution in [-0.2, 0) is 17.8 Å². The number of fused-ring (bicyclic) bond motifs is 1. The van der Waals surface area contributed by atoms with Crippen LogP contribution in [0, 0.1) is 5.82 Å². The number of amides is 2. The largest absolute Gasteiger partial charge is 0.355 e. The van der Waals surface area contributed by atoms with E-state index >= 15 is 0 Å². The summed E-state index contributed by atoms with van der Waals surface area (Å²) in [6.45, 7) is 3.44. The standard InChI is InChI=1S/C21H23ClFN3O2/c22-19-13-17(23)5-6-18(19)21(28)25-9-7-20(27)24-10-12-26-11-8-15-3-1-2-4-16(15)14-26/h1-6,13H,7-12,14H2,(H,24,27)(H,25,28). The minimum Gasteiger partial charge on any atom is -0.355 e. The lowest BCUT2D eigenvalue weighted by Crippen LogP contribution is -2.38. The van der Waals surface area contributed by atoms with Gasteiger partial charge in [0.2, 0.25) is 5.91 Å². The highest BCUT2D eigenvalue weighted by Gasteiger charge is 2.15. The Morgan fingerprint density at radius 1 is 1.07 bits per heavy atom. The van der Waals surface area contributed by atoms with Crippen LogP contribution in [0.5, 0.6) is 0 Å². The molecule has 0 fully saturated rings. The Balaban J connectivity index is 1.33. The van der Waals surface area contributed by atoms with Crippen molar-refractivity contribution in [2.75, 3.05) is 26.2 Å². The normalized spacial score (nSPS) is 13.6. The van der Waals surface area contributed by atoms with E-state index in [1.54, 1.807) is 0 Å². The predicted molar refractivity (Wildman–Crippen MR) is 107 cm³/mol. The van der Waals surface area contributed by atoms with E-state index in [4.69, 9.17) is 11.6 Å². The van der Waals surface area contributed by atoms with Crippen molar-refractivity contribution in [1.29, 1.82) is 0 Å². The number of carbonyl (C=O) groups is 2. The van der Waals surface area contributed by atoms with Crippen LogP contribution in [0.2, 0.25) is 5.02 Å². The maximum absolute atomic E-state index is 13.0. The molecule has 2 amide bonds. The predicted octanol–water partition coefficient (Wildman–Crippen LogP) is 2.77. The van der Waals surface area contributed by atoms with Gasteiger partial charge in [0, 0.05) is 39.1 Å². The summed E-state index contributed by atoms with van der Waals surface area (Å²) >= 11 is 5.86. The lowest BCUT2D eigenvalue weighted by molar-refractivity contribution is -0.121. The van der Waals surface area contributed by atoms with Crippen LogP contribution in [0.3, 0.4) is 0 Å². The summed E-state index contributed by atoms with van der Waals surface area (Å²) in [6.07, 6.45) is 1.20. The Kier molecular flexibility index (Phi) is 7.01. The van der Waals surface area contributed by atoms with Gasteiger partial charge in [0.05, 0.1) is 10.6 Å². The van der Waals surface area contributed by atoms with Gasteiger partial charge in [-0.15, -0.1) is 0 Å². The van der Waals surface area contributed by atoms with Crippen molar-refractivity contribution >= 4 is 23.4 Å². The molecule has 5 nitrogen and oxygen atoms in total.